The SMILES string of the molecule is CC(C)N1c2cccnc2N(c2cccc3c2oc2ccccc23)C1C. The fourth-order valence-corrected chi connectivity index (χ4v) is 4.23. The van der Waals surface area contributed by atoms with Crippen LogP contribution < -0.4 is 9.80 Å². The molecule has 2 aromatic heterocycles. The van der Waals surface area contributed by atoms with E-state index in [0.29, 0.717) is 6.04 Å². The summed E-state index contributed by atoms with van der Waals surface area (Å²) in [4.78, 5) is 9.40. The van der Waals surface area contributed by atoms with Gasteiger partial charge in [-0.15, -0.1) is 0 Å². The highest BCUT2D eigenvalue weighted by atomic mass is 16.3. The Kier molecular flexibility index (Phi) is 3.23. The molecule has 0 N–H and O–H groups in total. The van der Waals surface area contributed by atoms with Crippen LogP contribution in [-0.4, -0.2) is 17.2 Å². The van der Waals surface area contributed by atoms with E-state index in [2.05, 4.69) is 67.0 Å². The molecule has 4 nitrogen and oxygen atoms in total. The van der Waals surface area contributed by atoms with Crippen LogP contribution in [0.1, 0.15) is 20.8 Å². The summed E-state index contributed by atoms with van der Waals surface area (Å²) < 4.78 is 6.27. The van der Waals surface area contributed by atoms with E-state index in [-0.39, 0.29) is 6.17 Å². The zero-order chi connectivity index (χ0) is 17.8. The summed E-state index contributed by atoms with van der Waals surface area (Å²) in [7, 11) is 0. The van der Waals surface area contributed by atoms with Gasteiger partial charge in [0, 0.05) is 23.0 Å². The Balaban J connectivity index is 1.78. The Morgan fingerprint density at radius 1 is 0.923 bits per heavy atom. The first-order valence-electron chi connectivity index (χ1n) is 9.09. The molecular formula is C22H21N3O. The van der Waals surface area contributed by atoms with Crippen molar-refractivity contribution in [2.24, 2.45) is 0 Å². The van der Waals surface area contributed by atoms with Gasteiger partial charge >= 0.3 is 0 Å². The predicted octanol–water partition coefficient (Wildman–Crippen LogP) is 5.69. The number of hydrogen-bond acceptors (Lipinski definition) is 4. The molecule has 0 saturated heterocycles. The topological polar surface area (TPSA) is 32.5 Å². The van der Waals surface area contributed by atoms with Crippen LogP contribution in [0.2, 0.25) is 0 Å². The Hall–Kier alpha value is -3.01. The fraction of sp³-hybridized carbons (Fsp3) is 0.227. The number of anilines is 3. The molecule has 0 aliphatic carbocycles. The molecule has 0 amide bonds. The van der Waals surface area contributed by atoms with Crippen molar-refractivity contribution in [3.05, 3.63) is 60.8 Å². The number of nitrogens with zero attached hydrogens (tertiary/aromatic N) is 3. The minimum Gasteiger partial charge on any atom is -0.454 e. The van der Waals surface area contributed by atoms with Crippen molar-refractivity contribution < 1.29 is 4.42 Å². The largest absolute Gasteiger partial charge is 0.454 e. The molecule has 3 heterocycles. The van der Waals surface area contributed by atoms with E-state index in [4.69, 9.17) is 9.40 Å². The van der Waals surface area contributed by atoms with Gasteiger partial charge in [-0.05, 0) is 45.0 Å². The molecular weight excluding hydrogens is 322 g/mol. The summed E-state index contributed by atoms with van der Waals surface area (Å²) in [5.41, 5.74) is 4.07. The summed E-state index contributed by atoms with van der Waals surface area (Å²) in [5.74, 6) is 0.988. The van der Waals surface area contributed by atoms with Gasteiger partial charge in [-0.25, -0.2) is 4.98 Å². The second-order valence-corrected chi connectivity index (χ2v) is 7.10. The maximum absolute atomic E-state index is 6.27. The third-order valence-corrected chi connectivity index (χ3v) is 5.25. The van der Waals surface area contributed by atoms with E-state index in [1.807, 2.05) is 24.4 Å². The Morgan fingerprint density at radius 2 is 1.69 bits per heavy atom. The number of para-hydroxylation sites is 2. The van der Waals surface area contributed by atoms with Crippen LogP contribution in [0, 0.1) is 0 Å². The quantitative estimate of drug-likeness (QED) is 0.468. The van der Waals surface area contributed by atoms with Gasteiger partial charge in [0.1, 0.15) is 11.7 Å². The maximum Gasteiger partial charge on any atom is 0.159 e. The van der Waals surface area contributed by atoms with E-state index in [1.165, 1.54) is 5.69 Å². The second-order valence-electron chi connectivity index (χ2n) is 7.10. The van der Waals surface area contributed by atoms with Crippen LogP contribution in [0.3, 0.4) is 0 Å². The molecule has 0 bridgehead atoms. The molecule has 5 rings (SSSR count). The van der Waals surface area contributed by atoms with Crippen molar-refractivity contribution in [1.29, 1.82) is 0 Å². The molecule has 0 spiro atoms. The highest BCUT2D eigenvalue weighted by molar-refractivity contribution is 6.09. The van der Waals surface area contributed by atoms with Crippen molar-refractivity contribution >= 4 is 39.1 Å². The lowest BCUT2D eigenvalue weighted by Crippen LogP contribution is -2.42. The van der Waals surface area contributed by atoms with Gasteiger partial charge in [-0.2, -0.15) is 0 Å². The summed E-state index contributed by atoms with van der Waals surface area (Å²) in [6.45, 7) is 6.67. The lowest BCUT2D eigenvalue weighted by molar-refractivity contribution is 0.602. The van der Waals surface area contributed by atoms with Crippen molar-refractivity contribution in [2.75, 3.05) is 9.80 Å². The minimum atomic E-state index is 0.165. The lowest BCUT2D eigenvalue weighted by Gasteiger charge is -2.32. The van der Waals surface area contributed by atoms with Crippen LogP contribution >= 0.6 is 0 Å². The van der Waals surface area contributed by atoms with Crippen molar-refractivity contribution in [1.82, 2.24) is 4.98 Å². The number of benzene rings is 2. The summed E-state index contributed by atoms with van der Waals surface area (Å²) in [6.07, 6.45) is 2.03. The number of rotatable bonds is 2. The molecule has 1 unspecified atom stereocenters. The highest BCUT2D eigenvalue weighted by Gasteiger charge is 2.37. The summed E-state index contributed by atoms with van der Waals surface area (Å²) >= 11 is 0. The average molecular weight is 343 g/mol. The minimum absolute atomic E-state index is 0.165. The predicted molar refractivity (Wildman–Crippen MR) is 107 cm³/mol. The molecule has 1 aliphatic rings. The molecule has 0 fully saturated rings. The summed E-state index contributed by atoms with van der Waals surface area (Å²) in [6, 6.07) is 19.1. The van der Waals surface area contributed by atoms with Crippen LogP contribution in [-0.2, 0) is 0 Å². The molecule has 2 aromatic carbocycles. The van der Waals surface area contributed by atoms with Crippen LogP contribution in [0.5, 0.6) is 0 Å². The molecule has 130 valence electrons. The van der Waals surface area contributed by atoms with Gasteiger partial charge in [-0.1, -0.05) is 30.3 Å². The zero-order valence-corrected chi connectivity index (χ0v) is 15.2. The first kappa shape index (κ1) is 15.3. The standard InChI is InChI=1S/C22H21N3O/c1-14(2)24-15(3)25(22-19(24)11-7-13-23-22)18-10-6-9-17-16-8-4-5-12-20(16)26-21(17)18/h4-15H,1-3H3. The monoisotopic (exact) mass is 343 g/mol. The first-order chi connectivity index (χ1) is 12.7. The van der Waals surface area contributed by atoms with Gasteiger partial charge < -0.3 is 14.2 Å². The van der Waals surface area contributed by atoms with Gasteiger partial charge in [0.05, 0.1) is 11.4 Å². The van der Waals surface area contributed by atoms with Gasteiger partial charge in [0.15, 0.2) is 11.4 Å². The zero-order valence-electron chi connectivity index (χ0n) is 15.2. The molecule has 1 atom stereocenters. The lowest BCUT2D eigenvalue weighted by atomic mass is 10.1. The van der Waals surface area contributed by atoms with E-state index >= 15 is 0 Å². The number of fused-ring (bicyclic) bond motifs is 4. The number of furan rings is 1. The Bertz CT molecular complexity index is 1110. The first-order valence-corrected chi connectivity index (χ1v) is 9.09. The average Bonchev–Trinajstić information content (AvgIpc) is 3.16. The normalized spacial score (nSPS) is 16.8. The number of hydrogen-bond donors (Lipinski definition) is 0. The van der Waals surface area contributed by atoms with Crippen molar-refractivity contribution in [3.63, 3.8) is 0 Å². The van der Waals surface area contributed by atoms with Gasteiger partial charge in [0.25, 0.3) is 0 Å². The molecule has 26 heavy (non-hydrogen) atoms. The van der Waals surface area contributed by atoms with E-state index < -0.39 is 0 Å². The third-order valence-electron chi connectivity index (χ3n) is 5.25. The van der Waals surface area contributed by atoms with E-state index in [0.717, 1.165) is 33.4 Å². The van der Waals surface area contributed by atoms with Crippen LogP contribution in [0.25, 0.3) is 21.9 Å². The molecule has 0 saturated carbocycles. The molecule has 1 aliphatic heterocycles. The molecule has 4 heteroatoms. The van der Waals surface area contributed by atoms with E-state index in [1.54, 1.807) is 0 Å². The number of aromatic nitrogens is 1. The third kappa shape index (κ3) is 1.99. The van der Waals surface area contributed by atoms with E-state index in [9.17, 15) is 0 Å². The highest BCUT2D eigenvalue weighted by Crippen LogP contribution is 2.46. The van der Waals surface area contributed by atoms with Crippen molar-refractivity contribution in [2.45, 2.75) is 33.0 Å². The smallest absolute Gasteiger partial charge is 0.159 e. The van der Waals surface area contributed by atoms with Crippen molar-refractivity contribution in [3.8, 4) is 0 Å². The second kappa shape index (κ2) is 5.49. The van der Waals surface area contributed by atoms with Gasteiger partial charge in [-0.3, -0.25) is 0 Å². The number of pyridine rings is 1. The van der Waals surface area contributed by atoms with Gasteiger partial charge in [0.2, 0.25) is 0 Å². The van der Waals surface area contributed by atoms with Crippen LogP contribution in [0.15, 0.2) is 65.2 Å². The molecule has 4 aromatic rings. The Labute approximate surface area is 152 Å². The summed E-state index contributed by atoms with van der Waals surface area (Å²) in [5, 5.41) is 2.30. The molecule has 0 radical (unpaired) electrons. The fourth-order valence-electron chi connectivity index (χ4n) is 4.23. The maximum atomic E-state index is 6.27. The van der Waals surface area contributed by atoms with Crippen LogP contribution in [0.4, 0.5) is 17.2 Å². The Morgan fingerprint density at radius 3 is 2.54 bits per heavy atom.